The summed E-state index contributed by atoms with van der Waals surface area (Å²) < 4.78 is 39.0. The van der Waals surface area contributed by atoms with Crippen LogP contribution >= 0.6 is 0 Å². The highest BCUT2D eigenvalue weighted by atomic mass is 32.2. The van der Waals surface area contributed by atoms with Gasteiger partial charge in [-0.3, -0.25) is 19.1 Å². The summed E-state index contributed by atoms with van der Waals surface area (Å²) in [7, 11) is -0.760. The average molecular weight is 538 g/mol. The molecule has 1 fully saturated rings. The standard InChI is InChI=1S/C24H35N5O7S/c1-4-5-12-29-21(25)20(22(30)26-24(29)32)28(15-16-35-2)23(31)17-10-13-27(14-11-17)37(33,34)19-8-6-18(36-3)7-9-19/h6-9,17H,4-5,10-16,25H2,1-3H3,(H,26,30,32). The fourth-order valence-corrected chi connectivity index (χ4v) is 5.82. The second-order valence-corrected chi connectivity index (χ2v) is 10.8. The molecule has 37 heavy (non-hydrogen) atoms. The summed E-state index contributed by atoms with van der Waals surface area (Å²) in [5.41, 5.74) is 4.77. The second-order valence-electron chi connectivity index (χ2n) is 8.83. The van der Waals surface area contributed by atoms with Crippen molar-refractivity contribution >= 4 is 27.4 Å². The van der Waals surface area contributed by atoms with E-state index in [4.69, 9.17) is 15.2 Å². The van der Waals surface area contributed by atoms with Gasteiger partial charge in [-0.05, 0) is 43.5 Å². The van der Waals surface area contributed by atoms with E-state index in [9.17, 15) is 22.8 Å². The van der Waals surface area contributed by atoms with Crippen molar-refractivity contribution in [3.05, 3.63) is 45.1 Å². The molecule has 0 bridgehead atoms. The number of unbranched alkanes of at least 4 members (excludes halogenated alkanes) is 1. The molecule has 0 aliphatic carbocycles. The van der Waals surface area contributed by atoms with Crippen molar-refractivity contribution in [2.24, 2.45) is 5.92 Å². The molecule has 1 amide bonds. The minimum Gasteiger partial charge on any atom is -0.497 e. The molecule has 12 nitrogen and oxygen atoms in total. The highest BCUT2D eigenvalue weighted by molar-refractivity contribution is 7.89. The lowest BCUT2D eigenvalue weighted by Crippen LogP contribution is -2.48. The van der Waals surface area contributed by atoms with Gasteiger partial charge in [-0.25, -0.2) is 13.2 Å². The van der Waals surface area contributed by atoms with Gasteiger partial charge in [0, 0.05) is 39.2 Å². The first-order valence-electron chi connectivity index (χ1n) is 12.2. The second kappa shape index (κ2) is 12.4. The molecule has 204 valence electrons. The van der Waals surface area contributed by atoms with Crippen LogP contribution in [0.15, 0.2) is 38.8 Å². The van der Waals surface area contributed by atoms with Gasteiger partial charge < -0.3 is 20.1 Å². The Labute approximate surface area is 216 Å². The number of aromatic amines is 1. The number of ether oxygens (including phenoxy) is 2. The van der Waals surface area contributed by atoms with Crippen LogP contribution in [0.3, 0.4) is 0 Å². The lowest BCUT2D eigenvalue weighted by atomic mass is 9.96. The zero-order valence-corrected chi connectivity index (χ0v) is 22.3. The quantitative estimate of drug-likeness (QED) is 0.430. The first-order chi connectivity index (χ1) is 17.6. The number of amides is 1. The molecule has 1 saturated heterocycles. The molecule has 1 aromatic carbocycles. The molecular formula is C24H35N5O7S. The summed E-state index contributed by atoms with van der Waals surface area (Å²) in [6, 6.07) is 6.14. The normalized spacial score (nSPS) is 15.0. The molecule has 0 saturated carbocycles. The van der Waals surface area contributed by atoms with E-state index in [2.05, 4.69) is 4.98 Å². The Bertz CT molecular complexity index is 1300. The number of rotatable bonds is 11. The minimum atomic E-state index is -3.74. The molecule has 1 aromatic heterocycles. The van der Waals surface area contributed by atoms with E-state index >= 15 is 0 Å². The van der Waals surface area contributed by atoms with E-state index in [-0.39, 0.29) is 61.4 Å². The molecule has 0 atom stereocenters. The van der Waals surface area contributed by atoms with Crippen LogP contribution in [-0.4, -0.2) is 68.6 Å². The van der Waals surface area contributed by atoms with Crippen LogP contribution in [0.1, 0.15) is 32.6 Å². The summed E-state index contributed by atoms with van der Waals surface area (Å²) in [6.45, 7) is 2.75. The van der Waals surface area contributed by atoms with Gasteiger partial charge in [0.15, 0.2) is 5.69 Å². The first-order valence-corrected chi connectivity index (χ1v) is 13.7. The predicted octanol–water partition coefficient (Wildman–Crippen LogP) is 1.01. The monoisotopic (exact) mass is 537 g/mol. The van der Waals surface area contributed by atoms with E-state index in [0.717, 1.165) is 6.42 Å². The molecule has 0 radical (unpaired) electrons. The van der Waals surface area contributed by atoms with Crippen molar-refractivity contribution in [3.63, 3.8) is 0 Å². The van der Waals surface area contributed by atoms with Gasteiger partial charge in [0.25, 0.3) is 5.56 Å². The third-order valence-electron chi connectivity index (χ3n) is 6.50. The van der Waals surface area contributed by atoms with Crippen LogP contribution in [0.4, 0.5) is 11.5 Å². The molecule has 1 aliphatic rings. The number of sulfonamides is 1. The van der Waals surface area contributed by atoms with E-state index in [0.29, 0.717) is 18.7 Å². The van der Waals surface area contributed by atoms with E-state index in [1.165, 1.54) is 40.1 Å². The van der Waals surface area contributed by atoms with Gasteiger partial charge in [-0.15, -0.1) is 0 Å². The Kier molecular flexibility index (Phi) is 9.51. The number of methoxy groups -OCH3 is 2. The maximum Gasteiger partial charge on any atom is 0.330 e. The summed E-state index contributed by atoms with van der Waals surface area (Å²) >= 11 is 0. The maximum atomic E-state index is 13.6. The lowest BCUT2D eigenvalue weighted by Gasteiger charge is -2.34. The van der Waals surface area contributed by atoms with Gasteiger partial charge in [0.05, 0.1) is 18.6 Å². The number of nitrogen functional groups attached to an aromatic ring is 1. The van der Waals surface area contributed by atoms with Crippen LogP contribution in [0.5, 0.6) is 5.75 Å². The van der Waals surface area contributed by atoms with Gasteiger partial charge in [0.2, 0.25) is 15.9 Å². The summed E-state index contributed by atoms with van der Waals surface area (Å²) in [5, 5.41) is 0. The third kappa shape index (κ3) is 6.22. The van der Waals surface area contributed by atoms with Gasteiger partial charge in [0.1, 0.15) is 11.6 Å². The zero-order chi connectivity index (χ0) is 27.2. The SMILES string of the molecule is CCCCn1c(N)c(N(CCOC)C(=O)C2CCN(S(=O)(=O)c3ccc(OC)cc3)CC2)c(=O)[nH]c1=O. The van der Waals surface area contributed by atoms with Crippen molar-refractivity contribution in [2.45, 2.75) is 44.0 Å². The number of nitrogens with one attached hydrogen (secondary N) is 1. The maximum absolute atomic E-state index is 13.6. The number of nitrogens with two attached hydrogens (primary N) is 1. The Morgan fingerprint density at radius 3 is 2.38 bits per heavy atom. The molecule has 3 rings (SSSR count). The van der Waals surface area contributed by atoms with Crippen LogP contribution in [-0.2, 0) is 26.1 Å². The number of piperidine rings is 1. The molecular weight excluding hydrogens is 502 g/mol. The number of aromatic nitrogens is 2. The molecule has 13 heteroatoms. The predicted molar refractivity (Wildman–Crippen MR) is 139 cm³/mol. The molecule has 0 spiro atoms. The minimum absolute atomic E-state index is 0.0545. The number of anilines is 2. The highest BCUT2D eigenvalue weighted by Gasteiger charge is 2.35. The molecule has 0 unspecified atom stereocenters. The first kappa shape index (κ1) is 28.4. The van der Waals surface area contributed by atoms with Crippen molar-refractivity contribution in [3.8, 4) is 5.75 Å². The van der Waals surface area contributed by atoms with E-state index < -0.39 is 27.2 Å². The summed E-state index contributed by atoms with van der Waals surface area (Å²) in [5.74, 6) is -0.425. The number of carbonyl (C=O) groups is 1. The van der Waals surface area contributed by atoms with Crippen LogP contribution in [0.2, 0.25) is 0 Å². The number of hydrogen-bond donors (Lipinski definition) is 2. The van der Waals surface area contributed by atoms with Gasteiger partial charge in [-0.2, -0.15) is 4.31 Å². The number of nitrogens with zero attached hydrogens (tertiary/aromatic N) is 3. The average Bonchev–Trinajstić information content (AvgIpc) is 2.90. The molecule has 2 heterocycles. The van der Waals surface area contributed by atoms with E-state index in [1.54, 1.807) is 12.1 Å². The van der Waals surface area contributed by atoms with Crippen LogP contribution in [0.25, 0.3) is 0 Å². The van der Waals surface area contributed by atoms with Crippen molar-refractivity contribution < 1.29 is 22.7 Å². The number of benzene rings is 1. The van der Waals surface area contributed by atoms with Crippen LogP contribution in [0, 0.1) is 5.92 Å². The summed E-state index contributed by atoms with van der Waals surface area (Å²) in [6.07, 6.45) is 2.02. The smallest absolute Gasteiger partial charge is 0.330 e. The van der Waals surface area contributed by atoms with Crippen molar-refractivity contribution in [1.82, 2.24) is 13.9 Å². The third-order valence-corrected chi connectivity index (χ3v) is 8.42. The zero-order valence-electron chi connectivity index (χ0n) is 21.4. The lowest BCUT2D eigenvalue weighted by molar-refractivity contribution is -0.123. The Morgan fingerprint density at radius 2 is 1.81 bits per heavy atom. The Balaban J connectivity index is 1.83. The topological polar surface area (TPSA) is 157 Å². The highest BCUT2D eigenvalue weighted by Crippen LogP contribution is 2.28. The molecule has 1 aliphatic heterocycles. The van der Waals surface area contributed by atoms with Crippen molar-refractivity contribution in [2.75, 3.05) is 51.1 Å². The molecule has 2 aromatic rings. The van der Waals surface area contributed by atoms with E-state index in [1.807, 2.05) is 6.92 Å². The fraction of sp³-hybridized carbons (Fsp3) is 0.542. The van der Waals surface area contributed by atoms with Crippen molar-refractivity contribution in [1.29, 1.82) is 0 Å². The van der Waals surface area contributed by atoms with Gasteiger partial charge >= 0.3 is 5.69 Å². The Hall–Kier alpha value is -3.16. The number of carbonyl (C=O) groups excluding carboxylic acids is 1. The summed E-state index contributed by atoms with van der Waals surface area (Å²) in [4.78, 5) is 42.4. The largest absolute Gasteiger partial charge is 0.497 e. The van der Waals surface area contributed by atoms with Crippen LogP contribution < -0.4 is 26.6 Å². The number of H-pyrrole nitrogens is 1. The fourth-order valence-electron chi connectivity index (χ4n) is 4.35. The molecule has 3 N–H and O–H groups in total. The Morgan fingerprint density at radius 1 is 1.16 bits per heavy atom. The number of hydrogen-bond acceptors (Lipinski definition) is 8. The van der Waals surface area contributed by atoms with Gasteiger partial charge in [-0.1, -0.05) is 13.3 Å².